The number of hydrogen-bond donors (Lipinski definition) is 2. The summed E-state index contributed by atoms with van der Waals surface area (Å²) in [5, 5.41) is 23.2. The van der Waals surface area contributed by atoms with E-state index in [1.165, 1.54) is 10.9 Å². The number of fused-ring (bicyclic) bond motifs is 3. The van der Waals surface area contributed by atoms with Crippen LogP contribution in [0.5, 0.6) is 0 Å². The largest absolute Gasteiger partial charge is 0.391 e. The average molecular weight is 409 g/mol. The third-order valence-corrected chi connectivity index (χ3v) is 7.48. The highest BCUT2D eigenvalue weighted by Crippen LogP contribution is 2.37. The molecule has 30 heavy (non-hydrogen) atoms. The van der Waals surface area contributed by atoms with Crippen LogP contribution < -0.4 is 0 Å². The smallest absolute Gasteiger partial charge is 0.254 e. The van der Waals surface area contributed by atoms with E-state index in [9.17, 15) is 15.0 Å². The molecule has 2 N–H and O–H groups in total. The van der Waals surface area contributed by atoms with Crippen molar-refractivity contribution in [3.8, 4) is 0 Å². The fraction of sp³-hybridized carbons (Fsp3) is 0.560. The molecule has 1 saturated carbocycles. The number of hydrogen-bond acceptors (Lipinski definition) is 4. The minimum atomic E-state index is -0.562. The van der Waals surface area contributed by atoms with E-state index in [-0.39, 0.29) is 11.9 Å². The van der Waals surface area contributed by atoms with Crippen LogP contribution in [0, 0.1) is 0 Å². The second-order valence-corrected chi connectivity index (χ2v) is 9.73. The van der Waals surface area contributed by atoms with Crippen LogP contribution in [0.1, 0.15) is 66.9 Å². The molecule has 5 heteroatoms. The van der Waals surface area contributed by atoms with Crippen LogP contribution >= 0.6 is 0 Å². The lowest BCUT2D eigenvalue weighted by Crippen LogP contribution is -2.45. The number of rotatable bonds is 3. The average Bonchev–Trinajstić information content (AvgIpc) is 3.07. The molecule has 3 aliphatic rings. The summed E-state index contributed by atoms with van der Waals surface area (Å²) in [5.41, 5.74) is 2.54. The summed E-state index contributed by atoms with van der Waals surface area (Å²) >= 11 is 0. The molecule has 5 nitrogen and oxygen atoms in total. The predicted molar refractivity (Wildman–Crippen MR) is 117 cm³/mol. The number of benzene rings is 2. The minimum absolute atomic E-state index is 0.0646. The van der Waals surface area contributed by atoms with Crippen LogP contribution in [0.2, 0.25) is 0 Å². The van der Waals surface area contributed by atoms with Crippen LogP contribution in [0.15, 0.2) is 30.3 Å². The van der Waals surface area contributed by atoms with E-state index < -0.39 is 11.7 Å². The number of likely N-dealkylation sites (tertiary alicyclic amines) is 1. The highest BCUT2D eigenvalue weighted by molar-refractivity contribution is 6.05. The summed E-state index contributed by atoms with van der Waals surface area (Å²) in [4.78, 5) is 17.7. The van der Waals surface area contributed by atoms with Gasteiger partial charge in [-0.2, -0.15) is 0 Å². The normalized spacial score (nSPS) is 26.9. The van der Waals surface area contributed by atoms with Crippen LogP contribution in [0.4, 0.5) is 0 Å². The maximum Gasteiger partial charge on any atom is 0.254 e. The van der Waals surface area contributed by atoms with Crippen molar-refractivity contribution in [3.63, 3.8) is 0 Å². The van der Waals surface area contributed by atoms with Crippen molar-refractivity contribution in [2.45, 2.75) is 76.3 Å². The van der Waals surface area contributed by atoms with Crippen molar-refractivity contribution in [2.24, 2.45) is 0 Å². The first-order valence-electron chi connectivity index (χ1n) is 11.4. The Kier molecular flexibility index (Phi) is 5.08. The third kappa shape index (κ3) is 3.53. The maximum absolute atomic E-state index is 13.4. The van der Waals surface area contributed by atoms with Gasteiger partial charge in [0.05, 0.1) is 17.7 Å². The standard InChI is InChI=1S/C25H32N2O3/c1-25(30)10-12-26(13-11-25)15-17-14-20-21(19-7-3-2-6-18(17)19)16-27(24(20)29)22-8-4-5-9-23(22)28/h2-3,6-7,14,22-23,28,30H,4-5,8-13,15-16H2,1H3. The van der Waals surface area contributed by atoms with E-state index in [0.717, 1.165) is 74.7 Å². The van der Waals surface area contributed by atoms with Gasteiger partial charge in [0.2, 0.25) is 0 Å². The van der Waals surface area contributed by atoms with Crippen LogP contribution in [0.3, 0.4) is 0 Å². The summed E-state index contributed by atoms with van der Waals surface area (Å²) in [6.45, 7) is 5.05. The van der Waals surface area contributed by atoms with Gasteiger partial charge in [0.1, 0.15) is 0 Å². The van der Waals surface area contributed by atoms with Gasteiger partial charge < -0.3 is 15.1 Å². The molecule has 2 fully saturated rings. The molecule has 5 rings (SSSR count). The Morgan fingerprint density at radius 2 is 1.80 bits per heavy atom. The number of carbonyl (C=O) groups excluding carboxylic acids is 1. The van der Waals surface area contributed by atoms with Crippen molar-refractivity contribution in [3.05, 3.63) is 47.0 Å². The zero-order chi connectivity index (χ0) is 20.9. The summed E-state index contributed by atoms with van der Waals surface area (Å²) in [7, 11) is 0. The van der Waals surface area contributed by atoms with Crippen LogP contribution in [-0.2, 0) is 13.1 Å². The Hall–Kier alpha value is -1.95. The van der Waals surface area contributed by atoms with Crippen molar-refractivity contribution in [1.29, 1.82) is 0 Å². The Morgan fingerprint density at radius 3 is 2.53 bits per heavy atom. The van der Waals surface area contributed by atoms with Gasteiger partial charge in [-0.05, 0) is 60.6 Å². The van der Waals surface area contributed by atoms with Gasteiger partial charge in [-0.3, -0.25) is 9.69 Å². The van der Waals surface area contributed by atoms with Crippen molar-refractivity contribution in [1.82, 2.24) is 9.80 Å². The lowest BCUT2D eigenvalue weighted by atomic mass is 9.91. The number of aliphatic hydroxyl groups excluding tert-OH is 1. The predicted octanol–water partition coefficient (Wildman–Crippen LogP) is 3.45. The van der Waals surface area contributed by atoms with Crippen LogP contribution in [-0.4, -0.2) is 56.8 Å². The summed E-state index contributed by atoms with van der Waals surface area (Å²) < 4.78 is 0. The van der Waals surface area contributed by atoms with E-state index in [1.807, 2.05) is 17.9 Å². The van der Waals surface area contributed by atoms with Crippen LogP contribution in [0.25, 0.3) is 10.8 Å². The Balaban J connectivity index is 1.47. The Labute approximate surface area is 178 Å². The molecule has 2 unspecified atom stereocenters. The fourth-order valence-corrected chi connectivity index (χ4v) is 5.56. The fourth-order valence-electron chi connectivity index (χ4n) is 5.56. The molecule has 1 aliphatic carbocycles. The molecule has 2 atom stereocenters. The van der Waals surface area contributed by atoms with Gasteiger partial charge in [-0.1, -0.05) is 37.1 Å². The first-order chi connectivity index (χ1) is 14.4. The molecular formula is C25H32N2O3. The lowest BCUT2D eigenvalue weighted by Gasteiger charge is -2.36. The summed E-state index contributed by atoms with van der Waals surface area (Å²) in [5.74, 6) is 0.0736. The monoisotopic (exact) mass is 408 g/mol. The zero-order valence-corrected chi connectivity index (χ0v) is 17.8. The quantitative estimate of drug-likeness (QED) is 0.817. The molecule has 2 aliphatic heterocycles. The molecule has 0 spiro atoms. The van der Waals surface area contributed by atoms with Gasteiger partial charge in [0.15, 0.2) is 0 Å². The summed E-state index contributed by atoms with van der Waals surface area (Å²) in [6.07, 6.45) is 4.94. The molecule has 0 aromatic heterocycles. The first-order valence-corrected chi connectivity index (χ1v) is 11.4. The summed E-state index contributed by atoms with van der Waals surface area (Å²) in [6, 6.07) is 10.4. The third-order valence-electron chi connectivity index (χ3n) is 7.48. The topological polar surface area (TPSA) is 64.0 Å². The number of nitrogens with zero attached hydrogens (tertiary/aromatic N) is 2. The van der Waals surface area contributed by atoms with Gasteiger partial charge >= 0.3 is 0 Å². The SMILES string of the molecule is CC1(O)CCN(Cc2cc3c(c4ccccc24)CN(C2CCCCC2O)C3=O)CC1. The molecule has 1 saturated heterocycles. The van der Waals surface area contributed by atoms with Gasteiger partial charge in [0, 0.05) is 31.7 Å². The van der Waals surface area contributed by atoms with E-state index in [1.54, 1.807) is 0 Å². The molecular weight excluding hydrogens is 376 g/mol. The number of piperidine rings is 1. The molecule has 2 aromatic carbocycles. The van der Waals surface area contributed by atoms with Crippen molar-refractivity contribution < 1.29 is 15.0 Å². The number of carbonyl (C=O) groups is 1. The second kappa shape index (κ2) is 7.63. The van der Waals surface area contributed by atoms with Crippen molar-refractivity contribution in [2.75, 3.05) is 13.1 Å². The van der Waals surface area contributed by atoms with Gasteiger partial charge in [0.25, 0.3) is 5.91 Å². The molecule has 1 amide bonds. The highest BCUT2D eigenvalue weighted by Gasteiger charge is 2.38. The first kappa shape index (κ1) is 20.0. The van der Waals surface area contributed by atoms with Gasteiger partial charge in [-0.15, -0.1) is 0 Å². The Bertz CT molecular complexity index is 960. The van der Waals surface area contributed by atoms with Gasteiger partial charge in [-0.25, -0.2) is 0 Å². The van der Waals surface area contributed by atoms with Crippen molar-refractivity contribution >= 4 is 16.7 Å². The molecule has 2 aromatic rings. The number of aliphatic hydroxyl groups is 2. The second-order valence-electron chi connectivity index (χ2n) is 9.73. The molecule has 0 radical (unpaired) electrons. The zero-order valence-electron chi connectivity index (χ0n) is 17.8. The maximum atomic E-state index is 13.4. The van der Waals surface area contributed by atoms with E-state index in [0.29, 0.717) is 6.54 Å². The minimum Gasteiger partial charge on any atom is -0.391 e. The lowest BCUT2D eigenvalue weighted by molar-refractivity contribution is -0.00720. The Morgan fingerprint density at radius 1 is 1.10 bits per heavy atom. The molecule has 2 heterocycles. The van der Waals surface area contributed by atoms with E-state index in [2.05, 4.69) is 29.2 Å². The molecule has 0 bridgehead atoms. The van der Waals surface area contributed by atoms with E-state index in [4.69, 9.17) is 0 Å². The van der Waals surface area contributed by atoms with E-state index >= 15 is 0 Å². The number of amides is 1. The highest BCUT2D eigenvalue weighted by atomic mass is 16.3. The molecule has 160 valence electrons.